The Labute approximate surface area is 125 Å². The van der Waals surface area contributed by atoms with Crippen molar-refractivity contribution in [2.75, 3.05) is 19.6 Å². The molecule has 1 aromatic carbocycles. The number of ether oxygens (including phenoxy) is 2. The van der Waals surface area contributed by atoms with Crippen molar-refractivity contribution in [2.24, 2.45) is 0 Å². The lowest BCUT2D eigenvalue weighted by molar-refractivity contribution is 0.174. The molecule has 118 valence electrons. The van der Waals surface area contributed by atoms with E-state index in [2.05, 4.69) is 10.0 Å². The number of rotatable bonds is 6. The molecule has 0 bridgehead atoms. The summed E-state index contributed by atoms with van der Waals surface area (Å²) in [6, 6.07) is 5.87. The normalized spacial score (nSPS) is 16.0. The van der Waals surface area contributed by atoms with Crippen LogP contribution in [-0.2, 0) is 10.0 Å². The minimum atomic E-state index is -3.23. The molecule has 0 spiro atoms. The van der Waals surface area contributed by atoms with E-state index in [1.165, 1.54) is 0 Å². The van der Waals surface area contributed by atoms with Crippen molar-refractivity contribution in [3.8, 4) is 11.5 Å². The molecule has 0 aromatic heterocycles. The van der Waals surface area contributed by atoms with Crippen molar-refractivity contribution in [1.29, 1.82) is 0 Å². The van der Waals surface area contributed by atoms with Crippen molar-refractivity contribution in [3.63, 3.8) is 0 Å². The summed E-state index contributed by atoms with van der Waals surface area (Å²) in [4.78, 5) is 0. The smallest absolute Gasteiger partial charge is 0.231 e. The summed E-state index contributed by atoms with van der Waals surface area (Å²) in [6.07, 6.45) is 1.16. The molecule has 0 fully saturated rings. The molecule has 0 saturated heterocycles. The quantitative estimate of drug-likeness (QED) is 0.830. The maximum absolute atomic E-state index is 11.3. The maximum atomic E-state index is 11.3. The largest absolute Gasteiger partial charge is 0.454 e. The Kier molecular flexibility index (Phi) is 4.46. The Hall–Kier alpha value is -1.31. The first-order valence-electron chi connectivity index (χ1n) is 6.78. The van der Waals surface area contributed by atoms with Gasteiger partial charge < -0.3 is 14.8 Å². The Bertz CT molecular complexity index is 613. The molecule has 1 unspecified atom stereocenters. The third kappa shape index (κ3) is 4.59. The van der Waals surface area contributed by atoms with Gasteiger partial charge in [-0.25, -0.2) is 13.1 Å². The van der Waals surface area contributed by atoms with Gasteiger partial charge in [0.1, 0.15) is 0 Å². The van der Waals surface area contributed by atoms with Gasteiger partial charge in [0.05, 0.1) is 6.26 Å². The second-order valence-corrected chi connectivity index (χ2v) is 7.72. The van der Waals surface area contributed by atoms with Gasteiger partial charge in [-0.2, -0.15) is 0 Å². The molecule has 0 radical (unpaired) electrons. The summed E-state index contributed by atoms with van der Waals surface area (Å²) in [7, 11) is -3.23. The van der Waals surface area contributed by atoms with Crippen molar-refractivity contribution in [3.05, 3.63) is 23.8 Å². The van der Waals surface area contributed by atoms with E-state index in [1.807, 2.05) is 39.0 Å². The van der Waals surface area contributed by atoms with Crippen LogP contribution in [0.4, 0.5) is 0 Å². The van der Waals surface area contributed by atoms with E-state index >= 15 is 0 Å². The Balaban J connectivity index is 1.97. The number of nitrogens with one attached hydrogen (secondary N) is 2. The molecular formula is C14H22N2O4S. The van der Waals surface area contributed by atoms with Gasteiger partial charge in [0.15, 0.2) is 11.5 Å². The molecule has 0 amide bonds. The summed E-state index contributed by atoms with van der Waals surface area (Å²) >= 11 is 0. The molecule has 0 saturated carbocycles. The fourth-order valence-electron chi connectivity index (χ4n) is 2.25. The van der Waals surface area contributed by atoms with Gasteiger partial charge in [0, 0.05) is 18.1 Å². The molecule has 0 aliphatic carbocycles. The predicted molar refractivity (Wildman–Crippen MR) is 81.0 cm³/mol. The highest BCUT2D eigenvalue weighted by molar-refractivity contribution is 7.88. The van der Waals surface area contributed by atoms with Crippen molar-refractivity contribution < 1.29 is 17.9 Å². The number of hydrogen-bond donors (Lipinski definition) is 2. The summed E-state index contributed by atoms with van der Waals surface area (Å²) in [6.45, 7) is 6.47. The number of hydrogen-bond acceptors (Lipinski definition) is 5. The SMILES string of the molecule is CC(NCC(C)(C)NS(C)(=O)=O)c1ccc2c(c1)OCO2. The minimum Gasteiger partial charge on any atom is -0.454 e. The molecule has 7 heteroatoms. The molecule has 1 atom stereocenters. The highest BCUT2D eigenvalue weighted by atomic mass is 32.2. The molecule has 2 rings (SSSR count). The van der Waals surface area contributed by atoms with Crippen LogP contribution in [0.3, 0.4) is 0 Å². The van der Waals surface area contributed by atoms with E-state index in [4.69, 9.17) is 9.47 Å². The van der Waals surface area contributed by atoms with Crippen molar-refractivity contribution >= 4 is 10.0 Å². The van der Waals surface area contributed by atoms with Gasteiger partial charge in [-0.1, -0.05) is 6.07 Å². The number of fused-ring (bicyclic) bond motifs is 1. The standard InChI is InChI=1S/C14H22N2O4S/c1-10(15-8-14(2,3)16-21(4,17)18)11-5-6-12-13(7-11)20-9-19-12/h5-7,10,15-16H,8-9H2,1-4H3. The van der Waals surface area contributed by atoms with E-state index in [1.54, 1.807) is 0 Å². The van der Waals surface area contributed by atoms with Gasteiger partial charge >= 0.3 is 0 Å². The van der Waals surface area contributed by atoms with Crippen LogP contribution in [0.25, 0.3) is 0 Å². The first-order valence-corrected chi connectivity index (χ1v) is 8.67. The second kappa shape index (κ2) is 5.82. The van der Waals surface area contributed by atoms with Crippen LogP contribution in [0.15, 0.2) is 18.2 Å². The topological polar surface area (TPSA) is 76.7 Å². The van der Waals surface area contributed by atoms with Crippen LogP contribution in [0.1, 0.15) is 32.4 Å². The van der Waals surface area contributed by atoms with E-state index in [-0.39, 0.29) is 12.8 Å². The average molecular weight is 314 g/mol. The molecule has 2 N–H and O–H groups in total. The molecule has 21 heavy (non-hydrogen) atoms. The second-order valence-electron chi connectivity index (χ2n) is 5.97. The summed E-state index contributed by atoms with van der Waals surface area (Å²) in [5, 5.41) is 3.33. The first kappa shape index (κ1) is 16.1. The Morgan fingerprint density at radius 1 is 1.29 bits per heavy atom. The van der Waals surface area contributed by atoms with Crippen LogP contribution in [0.5, 0.6) is 11.5 Å². The van der Waals surface area contributed by atoms with Gasteiger partial charge in [-0.3, -0.25) is 0 Å². The highest BCUT2D eigenvalue weighted by Gasteiger charge is 2.23. The van der Waals surface area contributed by atoms with E-state index in [0.29, 0.717) is 6.54 Å². The van der Waals surface area contributed by atoms with E-state index < -0.39 is 15.6 Å². The van der Waals surface area contributed by atoms with Gasteiger partial charge in [-0.05, 0) is 38.5 Å². The van der Waals surface area contributed by atoms with Gasteiger partial charge in [0.2, 0.25) is 16.8 Å². The van der Waals surface area contributed by atoms with E-state index in [9.17, 15) is 8.42 Å². The van der Waals surface area contributed by atoms with Crippen molar-refractivity contribution in [2.45, 2.75) is 32.4 Å². The van der Waals surface area contributed by atoms with E-state index in [0.717, 1.165) is 23.3 Å². The Morgan fingerprint density at radius 2 is 1.95 bits per heavy atom. The van der Waals surface area contributed by atoms with Crippen molar-refractivity contribution in [1.82, 2.24) is 10.0 Å². The molecule has 1 aliphatic rings. The average Bonchev–Trinajstić information content (AvgIpc) is 2.80. The zero-order valence-electron chi connectivity index (χ0n) is 12.8. The van der Waals surface area contributed by atoms with Crippen LogP contribution < -0.4 is 19.5 Å². The third-order valence-corrected chi connectivity index (χ3v) is 4.13. The lowest BCUT2D eigenvalue weighted by Gasteiger charge is -2.27. The minimum absolute atomic E-state index is 0.0696. The van der Waals surface area contributed by atoms with Gasteiger partial charge in [-0.15, -0.1) is 0 Å². The van der Waals surface area contributed by atoms with Crippen LogP contribution in [0.2, 0.25) is 0 Å². The summed E-state index contributed by atoms with van der Waals surface area (Å²) in [5.74, 6) is 1.50. The van der Waals surface area contributed by atoms with Crippen LogP contribution in [0, 0.1) is 0 Å². The monoisotopic (exact) mass is 314 g/mol. The first-order chi connectivity index (χ1) is 9.66. The summed E-state index contributed by atoms with van der Waals surface area (Å²) in [5.41, 5.74) is 0.507. The lowest BCUT2D eigenvalue weighted by atomic mass is 10.0. The zero-order valence-corrected chi connectivity index (χ0v) is 13.6. The predicted octanol–water partition coefficient (Wildman–Crippen LogP) is 1.39. The van der Waals surface area contributed by atoms with Gasteiger partial charge in [0.25, 0.3) is 0 Å². The third-order valence-electron chi connectivity index (χ3n) is 3.21. The molecular weight excluding hydrogens is 292 g/mol. The highest BCUT2D eigenvalue weighted by Crippen LogP contribution is 2.34. The fourth-order valence-corrected chi connectivity index (χ4v) is 3.32. The number of benzene rings is 1. The zero-order chi connectivity index (χ0) is 15.7. The summed E-state index contributed by atoms with van der Waals surface area (Å²) < 4.78 is 35.9. The molecule has 6 nitrogen and oxygen atoms in total. The molecule has 1 heterocycles. The maximum Gasteiger partial charge on any atom is 0.231 e. The number of sulfonamides is 1. The van der Waals surface area contributed by atoms with Crippen LogP contribution in [-0.4, -0.2) is 33.6 Å². The molecule has 1 aromatic rings. The Morgan fingerprint density at radius 3 is 2.62 bits per heavy atom. The fraction of sp³-hybridized carbons (Fsp3) is 0.571. The van der Waals surface area contributed by atoms with Crippen LogP contribution >= 0.6 is 0 Å². The lowest BCUT2D eigenvalue weighted by Crippen LogP contribution is -2.50. The molecule has 1 aliphatic heterocycles.